The molecule has 88 valence electrons. The maximum Gasteiger partial charge on any atom is 0.310 e. The smallest absolute Gasteiger partial charge is 0.310 e. The Hall–Kier alpha value is -1.06. The van der Waals surface area contributed by atoms with Crippen molar-refractivity contribution in [2.75, 3.05) is 6.54 Å². The summed E-state index contributed by atoms with van der Waals surface area (Å²) in [5.74, 6) is -1.00. The number of rotatable bonds is 5. The third kappa shape index (κ3) is 3.90. The molecule has 0 aliphatic rings. The van der Waals surface area contributed by atoms with Crippen molar-refractivity contribution >= 4 is 11.9 Å². The summed E-state index contributed by atoms with van der Waals surface area (Å²) in [5, 5.41) is 11.5. The van der Waals surface area contributed by atoms with Gasteiger partial charge in [-0.3, -0.25) is 9.59 Å². The highest BCUT2D eigenvalue weighted by atomic mass is 16.4. The molecule has 0 radical (unpaired) electrons. The summed E-state index contributed by atoms with van der Waals surface area (Å²) in [6, 6.07) is 0. The van der Waals surface area contributed by atoms with Crippen LogP contribution in [0.1, 0.15) is 41.0 Å². The molecule has 0 aromatic rings. The lowest BCUT2D eigenvalue weighted by atomic mass is 9.88. The van der Waals surface area contributed by atoms with Gasteiger partial charge in [-0.25, -0.2) is 0 Å². The number of aliphatic carboxylic acids is 1. The lowest BCUT2D eigenvalue weighted by molar-refractivity contribution is -0.147. The second-order valence-corrected chi connectivity index (χ2v) is 5.11. The Morgan fingerprint density at radius 2 is 1.60 bits per heavy atom. The Morgan fingerprint density at radius 3 is 1.93 bits per heavy atom. The third-order valence-electron chi connectivity index (χ3n) is 2.77. The molecule has 0 aromatic carbocycles. The van der Waals surface area contributed by atoms with Crippen molar-refractivity contribution < 1.29 is 14.7 Å². The van der Waals surface area contributed by atoms with Crippen molar-refractivity contribution in [3.05, 3.63) is 0 Å². The maximum atomic E-state index is 11.7. The molecule has 4 nitrogen and oxygen atoms in total. The van der Waals surface area contributed by atoms with Crippen molar-refractivity contribution in [2.24, 2.45) is 10.8 Å². The van der Waals surface area contributed by atoms with Gasteiger partial charge in [-0.1, -0.05) is 20.8 Å². The van der Waals surface area contributed by atoms with E-state index in [9.17, 15) is 9.59 Å². The zero-order valence-corrected chi connectivity index (χ0v) is 10.2. The SMILES string of the molecule is CCC(C)(C)C(=O)NCC(C)(C)C(=O)O. The number of carboxylic acids is 1. The minimum atomic E-state index is -0.917. The Balaban J connectivity index is 4.30. The van der Waals surface area contributed by atoms with E-state index < -0.39 is 16.8 Å². The number of hydrogen-bond donors (Lipinski definition) is 2. The summed E-state index contributed by atoms with van der Waals surface area (Å²) in [6.07, 6.45) is 0.729. The van der Waals surface area contributed by atoms with Gasteiger partial charge in [0.05, 0.1) is 5.41 Å². The van der Waals surface area contributed by atoms with Crippen LogP contribution >= 0.6 is 0 Å². The first-order chi connectivity index (χ1) is 6.63. The lowest BCUT2D eigenvalue weighted by Crippen LogP contribution is -2.43. The molecule has 0 saturated heterocycles. The molecule has 0 fully saturated rings. The maximum absolute atomic E-state index is 11.7. The first-order valence-electron chi connectivity index (χ1n) is 5.15. The highest BCUT2D eigenvalue weighted by Crippen LogP contribution is 2.20. The van der Waals surface area contributed by atoms with Gasteiger partial charge >= 0.3 is 5.97 Å². The van der Waals surface area contributed by atoms with E-state index >= 15 is 0 Å². The van der Waals surface area contributed by atoms with E-state index in [2.05, 4.69) is 5.32 Å². The van der Waals surface area contributed by atoms with Crippen LogP contribution in [0.25, 0.3) is 0 Å². The van der Waals surface area contributed by atoms with Crippen molar-refractivity contribution in [1.82, 2.24) is 5.32 Å². The predicted molar refractivity (Wildman–Crippen MR) is 58.5 cm³/mol. The minimum Gasteiger partial charge on any atom is -0.481 e. The van der Waals surface area contributed by atoms with Crippen molar-refractivity contribution in [3.8, 4) is 0 Å². The van der Waals surface area contributed by atoms with Crippen LogP contribution in [0.3, 0.4) is 0 Å². The fourth-order valence-corrected chi connectivity index (χ4v) is 0.777. The molecule has 2 N–H and O–H groups in total. The topological polar surface area (TPSA) is 66.4 Å². The molecule has 0 unspecified atom stereocenters. The highest BCUT2D eigenvalue weighted by molar-refractivity contribution is 5.82. The van der Waals surface area contributed by atoms with Crippen LogP contribution in [0.5, 0.6) is 0 Å². The molecular formula is C11H21NO3. The summed E-state index contributed by atoms with van der Waals surface area (Å²) in [7, 11) is 0. The molecule has 0 atom stereocenters. The van der Waals surface area contributed by atoms with E-state index in [-0.39, 0.29) is 12.5 Å². The average molecular weight is 215 g/mol. The Bertz CT molecular complexity index is 257. The Labute approximate surface area is 91.1 Å². The fraction of sp³-hybridized carbons (Fsp3) is 0.818. The van der Waals surface area contributed by atoms with E-state index in [1.54, 1.807) is 13.8 Å². The quantitative estimate of drug-likeness (QED) is 0.732. The van der Waals surface area contributed by atoms with Crippen LogP contribution in [-0.2, 0) is 9.59 Å². The van der Waals surface area contributed by atoms with E-state index in [0.717, 1.165) is 6.42 Å². The van der Waals surface area contributed by atoms with Gasteiger partial charge in [0, 0.05) is 12.0 Å². The zero-order valence-electron chi connectivity index (χ0n) is 10.2. The van der Waals surface area contributed by atoms with Gasteiger partial charge in [-0.2, -0.15) is 0 Å². The number of carbonyl (C=O) groups is 2. The van der Waals surface area contributed by atoms with Crippen molar-refractivity contribution in [3.63, 3.8) is 0 Å². The van der Waals surface area contributed by atoms with Crippen LogP contribution in [0.2, 0.25) is 0 Å². The number of nitrogens with one attached hydrogen (secondary N) is 1. The molecule has 0 aromatic heterocycles. The summed E-state index contributed by atoms with van der Waals surface area (Å²) in [6.45, 7) is 8.96. The first-order valence-corrected chi connectivity index (χ1v) is 5.15. The summed E-state index contributed by atoms with van der Waals surface area (Å²) in [5.41, 5.74) is -1.35. The van der Waals surface area contributed by atoms with Crippen LogP contribution in [0.4, 0.5) is 0 Å². The lowest BCUT2D eigenvalue weighted by Gasteiger charge is -2.25. The zero-order chi connectivity index (χ0) is 12.3. The standard InChI is InChI=1S/C11H21NO3/c1-6-10(2,3)8(13)12-7-11(4,5)9(14)15/h6-7H2,1-5H3,(H,12,13)(H,14,15). The van der Waals surface area contributed by atoms with Crippen molar-refractivity contribution in [1.29, 1.82) is 0 Å². The summed E-state index contributed by atoms with van der Waals surface area (Å²) >= 11 is 0. The number of amides is 1. The Kier molecular flexibility index (Phi) is 4.31. The predicted octanol–water partition coefficient (Wildman–Crippen LogP) is 1.65. The van der Waals surface area contributed by atoms with E-state index in [1.165, 1.54) is 0 Å². The third-order valence-corrected chi connectivity index (χ3v) is 2.77. The molecule has 1 amide bonds. The Morgan fingerprint density at radius 1 is 1.13 bits per heavy atom. The molecule has 0 bridgehead atoms. The fourth-order valence-electron chi connectivity index (χ4n) is 0.777. The van der Waals surface area contributed by atoms with Gasteiger partial charge in [0.25, 0.3) is 0 Å². The van der Waals surface area contributed by atoms with Gasteiger partial charge in [0.15, 0.2) is 0 Å². The molecule has 0 rings (SSSR count). The van der Waals surface area contributed by atoms with Gasteiger partial charge in [0.1, 0.15) is 0 Å². The monoisotopic (exact) mass is 215 g/mol. The highest BCUT2D eigenvalue weighted by Gasteiger charge is 2.31. The second kappa shape index (κ2) is 4.64. The summed E-state index contributed by atoms with van der Waals surface area (Å²) in [4.78, 5) is 22.5. The van der Waals surface area contributed by atoms with Crippen LogP contribution < -0.4 is 5.32 Å². The number of hydrogen-bond acceptors (Lipinski definition) is 2. The molecule has 0 saturated carbocycles. The molecule has 4 heteroatoms. The molecular weight excluding hydrogens is 194 g/mol. The van der Waals surface area contributed by atoms with Gasteiger partial charge < -0.3 is 10.4 Å². The second-order valence-electron chi connectivity index (χ2n) is 5.11. The number of carbonyl (C=O) groups excluding carboxylic acids is 1. The minimum absolute atomic E-state index is 0.0978. The molecule has 0 aliphatic heterocycles. The largest absolute Gasteiger partial charge is 0.481 e. The first kappa shape index (κ1) is 13.9. The van der Waals surface area contributed by atoms with Crippen LogP contribution in [-0.4, -0.2) is 23.5 Å². The van der Waals surface area contributed by atoms with Crippen LogP contribution in [0.15, 0.2) is 0 Å². The average Bonchev–Trinajstić information content (AvgIpc) is 2.13. The summed E-state index contributed by atoms with van der Waals surface area (Å²) < 4.78 is 0. The van der Waals surface area contributed by atoms with E-state index in [0.29, 0.717) is 0 Å². The molecule has 0 heterocycles. The molecule has 0 spiro atoms. The normalized spacial score (nSPS) is 12.3. The molecule has 0 aliphatic carbocycles. The van der Waals surface area contributed by atoms with E-state index in [4.69, 9.17) is 5.11 Å². The molecule has 15 heavy (non-hydrogen) atoms. The van der Waals surface area contributed by atoms with Gasteiger partial charge in [-0.15, -0.1) is 0 Å². The van der Waals surface area contributed by atoms with Crippen molar-refractivity contribution in [2.45, 2.75) is 41.0 Å². The number of carboxylic acid groups (broad SMARTS) is 1. The van der Waals surface area contributed by atoms with Crippen LogP contribution in [0, 0.1) is 10.8 Å². The van der Waals surface area contributed by atoms with E-state index in [1.807, 2.05) is 20.8 Å². The van der Waals surface area contributed by atoms with Gasteiger partial charge in [0.2, 0.25) is 5.91 Å². The van der Waals surface area contributed by atoms with Gasteiger partial charge in [-0.05, 0) is 20.3 Å².